The fourth-order valence-corrected chi connectivity index (χ4v) is 5.58. The Kier molecular flexibility index (Phi) is 4.11. The van der Waals surface area contributed by atoms with Gasteiger partial charge in [-0.25, -0.2) is 18.4 Å². The zero-order valence-corrected chi connectivity index (χ0v) is 15.1. The molecule has 2 aliphatic rings. The highest BCUT2D eigenvalue weighted by Crippen LogP contribution is 2.34. The largest absolute Gasteiger partial charge is 0.353 e. The van der Waals surface area contributed by atoms with Gasteiger partial charge in [0.15, 0.2) is 9.84 Å². The van der Waals surface area contributed by atoms with Crippen molar-refractivity contribution in [1.82, 2.24) is 9.97 Å². The molecule has 2 aliphatic heterocycles. The predicted molar refractivity (Wildman–Crippen MR) is 99.3 cm³/mol. The van der Waals surface area contributed by atoms with Crippen LogP contribution < -0.4 is 9.80 Å². The van der Waals surface area contributed by atoms with E-state index in [1.54, 1.807) is 6.33 Å². The van der Waals surface area contributed by atoms with E-state index < -0.39 is 9.84 Å². The second kappa shape index (κ2) is 6.29. The molecular weight excluding hydrogens is 336 g/mol. The number of benzene rings is 1. The zero-order valence-electron chi connectivity index (χ0n) is 14.3. The molecule has 2 aromatic rings. The molecule has 1 atom stereocenters. The Morgan fingerprint density at radius 2 is 2.12 bits per heavy atom. The number of aromatic nitrogens is 2. The van der Waals surface area contributed by atoms with Gasteiger partial charge in [0, 0.05) is 30.9 Å². The highest BCUT2D eigenvalue weighted by molar-refractivity contribution is 7.91. The van der Waals surface area contributed by atoms with Crippen LogP contribution in [0.1, 0.15) is 18.9 Å². The number of fused-ring (bicyclic) bond motifs is 1. The summed E-state index contributed by atoms with van der Waals surface area (Å²) in [6.45, 7) is 3.67. The Labute approximate surface area is 148 Å². The molecule has 1 aromatic carbocycles. The first-order chi connectivity index (χ1) is 12.1. The van der Waals surface area contributed by atoms with Gasteiger partial charge in [-0.1, -0.05) is 18.2 Å². The van der Waals surface area contributed by atoms with Crippen LogP contribution in [-0.4, -0.2) is 49.0 Å². The average molecular weight is 358 g/mol. The first-order valence-electron chi connectivity index (χ1n) is 8.72. The Balaban J connectivity index is 1.63. The van der Waals surface area contributed by atoms with Gasteiger partial charge in [-0.05, 0) is 31.4 Å². The van der Waals surface area contributed by atoms with Gasteiger partial charge >= 0.3 is 0 Å². The standard InChI is InChI=1S/C18H22N4O2S/c1-2-21(15-8-10-25(23,24)12-15)17-11-18(20-13-19-17)22-9-7-14-5-3-4-6-16(14)22/h3-6,11,13,15H,2,7-10,12H2,1H3. The van der Waals surface area contributed by atoms with Crippen LogP contribution in [0.25, 0.3) is 0 Å². The van der Waals surface area contributed by atoms with Crippen LogP contribution in [0.4, 0.5) is 17.3 Å². The van der Waals surface area contributed by atoms with Gasteiger partial charge in [-0.2, -0.15) is 0 Å². The van der Waals surface area contributed by atoms with Crippen LogP contribution >= 0.6 is 0 Å². The molecule has 1 fully saturated rings. The van der Waals surface area contributed by atoms with Crippen molar-refractivity contribution in [1.29, 1.82) is 0 Å². The van der Waals surface area contributed by atoms with Crippen molar-refractivity contribution in [2.75, 3.05) is 34.4 Å². The zero-order chi connectivity index (χ0) is 17.4. The Morgan fingerprint density at radius 1 is 1.28 bits per heavy atom. The lowest BCUT2D eigenvalue weighted by Crippen LogP contribution is -2.36. The monoisotopic (exact) mass is 358 g/mol. The Morgan fingerprint density at radius 3 is 2.88 bits per heavy atom. The minimum absolute atomic E-state index is 0.00335. The lowest BCUT2D eigenvalue weighted by Gasteiger charge is -2.29. The van der Waals surface area contributed by atoms with Crippen molar-refractivity contribution in [3.8, 4) is 0 Å². The lowest BCUT2D eigenvalue weighted by atomic mass is 10.2. The van der Waals surface area contributed by atoms with Gasteiger partial charge in [0.25, 0.3) is 0 Å². The molecule has 0 bridgehead atoms. The van der Waals surface area contributed by atoms with Crippen LogP contribution in [0.15, 0.2) is 36.7 Å². The summed E-state index contributed by atoms with van der Waals surface area (Å²) in [7, 11) is -2.92. The summed E-state index contributed by atoms with van der Waals surface area (Å²) in [5.41, 5.74) is 2.52. The molecule has 4 rings (SSSR count). The lowest BCUT2D eigenvalue weighted by molar-refractivity contribution is 0.599. The summed E-state index contributed by atoms with van der Waals surface area (Å²) >= 11 is 0. The third kappa shape index (κ3) is 3.08. The van der Waals surface area contributed by atoms with Crippen molar-refractivity contribution in [2.45, 2.75) is 25.8 Å². The van der Waals surface area contributed by atoms with E-state index in [1.165, 1.54) is 11.3 Å². The predicted octanol–water partition coefficient (Wildman–Crippen LogP) is 2.18. The van der Waals surface area contributed by atoms with Crippen molar-refractivity contribution in [2.24, 2.45) is 0 Å². The van der Waals surface area contributed by atoms with Gasteiger partial charge in [0.1, 0.15) is 18.0 Å². The first kappa shape index (κ1) is 16.3. The summed E-state index contributed by atoms with van der Waals surface area (Å²) in [5.74, 6) is 2.16. The molecule has 0 amide bonds. The van der Waals surface area contributed by atoms with Gasteiger partial charge in [0.05, 0.1) is 11.5 Å². The number of nitrogens with zero attached hydrogens (tertiary/aromatic N) is 4. The number of hydrogen-bond donors (Lipinski definition) is 0. The SMILES string of the molecule is CCN(c1cc(N2CCc3ccccc32)ncn1)C1CCS(=O)(=O)C1. The van der Waals surface area contributed by atoms with E-state index in [9.17, 15) is 8.42 Å². The maximum absolute atomic E-state index is 11.8. The molecule has 1 aromatic heterocycles. The summed E-state index contributed by atoms with van der Waals surface area (Å²) in [6.07, 6.45) is 3.26. The van der Waals surface area contributed by atoms with Crippen LogP contribution in [0.3, 0.4) is 0 Å². The van der Waals surface area contributed by atoms with Crippen LogP contribution in [0.2, 0.25) is 0 Å². The minimum atomic E-state index is -2.92. The Bertz CT molecular complexity index is 884. The number of hydrogen-bond acceptors (Lipinski definition) is 6. The van der Waals surface area contributed by atoms with E-state index >= 15 is 0 Å². The molecule has 0 saturated carbocycles. The van der Waals surface area contributed by atoms with Crippen molar-refractivity contribution >= 4 is 27.2 Å². The summed E-state index contributed by atoms with van der Waals surface area (Å²) < 4.78 is 23.7. The third-order valence-electron chi connectivity index (χ3n) is 5.09. The molecule has 0 aliphatic carbocycles. The quantitative estimate of drug-likeness (QED) is 0.835. The normalized spacial score (nSPS) is 21.3. The van der Waals surface area contributed by atoms with E-state index in [0.29, 0.717) is 6.42 Å². The van der Waals surface area contributed by atoms with E-state index in [-0.39, 0.29) is 17.5 Å². The molecule has 0 radical (unpaired) electrons. The molecule has 0 N–H and O–H groups in total. The smallest absolute Gasteiger partial charge is 0.152 e. The van der Waals surface area contributed by atoms with Crippen LogP contribution in [-0.2, 0) is 16.3 Å². The fraction of sp³-hybridized carbons (Fsp3) is 0.444. The highest BCUT2D eigenvalue weighted by atomic mass is 32.2. The summed E-state index contributed by atoms with van der Waals surface area (Å²) in [5, 5.41) is 0. The topological polar surface area (TPSA) is 66.4 Å². The summed E-state index contributed by atoms with van der Waals surface area (Å²) in [4.78, 5) is 13.2. The highest BCUT2D eigenvalue weighted by Gasteiger charge is 2.32. The minimum Gasteiger partial charge on any atom is -0.353 e. The molecule has 7 heteroatoms. The van der Waals surface area contributed by atoms with Gasteiger partial charge in [0.2, 0.25) is 0 Å². The molecule has 0 spiro atoms. The average Bonchev–Trinajstić information content (AvgIpc) is 3.19. The van der Waals surface area contributed by atoms with Crippen LogP contribution in [0, 0.1) is 0 Å². The number of rotatable bonds is 4. The van der Waals surface area contributed by atoms with E-state index in [0.717, 1.165) is 31.1 Å². The molecule has 25 heavy (non-hydrogen) atoms. The van der Waals surface area contributed by atoms with E-state index in [1.807, 2.05) is 19.1 Å². The molecule has 3 heterocycles. The van der Waals surface area contributed by atoms with Gasteiger partial charge in [-0.15, -0.1) is 0 Å². The maximum atomic E-state index is 11.8. The fourth-order valence-electron chi connectivity index (χ4n) is 3.85. The van der Waals surface area contributed by atoms with Gasteiger partial charge in [-0.3, -0.25) is 0 Å². The van der Waals surface area contributed by atoms with Crippen LogP contribution in [0.5, 0.6) is 0 Å². The van der Waals surface area contributed by atoms with Crippen molar-refractivity contribution in [3.63, 3.8) is 0 Å². The van der Waals surface area contributed by atoms with E-state index in [2.05, 4.69) is 38.0 Å². The molecule has 1 unspecified atom stereocenters. The molecule has 132 valence electrons. The van der Waals surface area contributed by atoms with Crippen molar-refractivity contribution < 1.29 is 8.42 Å². The first-order valence-corrected chi connectivity index (χ1v) is 10.5. The third-order valence-corrected chi connectivity index (χ3v) is 6.84. The van der Waals surface area contributed by atoms with Gasteiger partial charge < -0.3 is 9.80 Å². The number of para-hydroxylation sites is 1. The summed E-state index contributed by atoms with van der Waals surface area (Å²) in [6, 6.07) is 10.4. The maximum Gasteiger partial charge on any atom is 0.152 e. The second-order valence-corrected chi connectivity index (χ2v) is 8.84. The van der Waals surface area contributed by atoms with Crippen molar-refractivity contribution in [3.05, 3.63) is 42.2 Å². The Hall–Kier alpha value is -2.15. The molecule has 6 nitrogen and oxygen atoms in total. The van der Waals surface area contributed by atoms with E-state index in [4.69, 9.17) is 0 Å². The number of sulfone groups is 1. The number of anilines is 3. The molecular formula is C18H22N4O2S. The molecule has 1 saturated heterocycles. The second-order valence-electron chi connectivity index (χ2n) is 6.61.